The van der Waals surface area contributed by atoms with E-state index in [0.717, 1.165) is 6.42 Å². The number of likely N-dealkylation sites (tertiary alicyclic amines) is 1. The van der Waals surface area contributed by atoms with Crippen molar-refractivity contribution in [1.82, 2.24) is 14.9 Å². The molecule has 25 heavy (non-hydrogen) atoms. The fraction of sp³-hybridized carbons (Fsp3) is 0.353. The van der Waals surface area contributed by atoms with E-state index in [1.165, 1.54) is 7.11 Å². The Morgan fingerprint density at radius 1 is 1.28 bits per heavy atom. The predicted molar refractivity (Wildman–Crippen MR) is 91.2 cm³/mol. The number of nitrogens with zero attached hydrogens (tertiary/aromatic N) is 3. The van der Waals surface area contributed by atoms with Crippen molar-refractivity contribution in [3.05, 3.63) is 36.8 Å². The second-order valence-corrected chi connectivity index (χ2v) is 5.49. The summed E-state index contributed by atoms with van der Waals surface area (Å²) in [5, 5.41) is 2.86. The molecule has 1 aliphatic heterocycles. The lowest BCUT2D eigenvalue weighted by atomic mass is 10.2. The first-order valence-corrected chi connectivity index (χ1v) is 7.91. The maximum Gasteiger partial charge on any atom is 0.322 e. The Kier molecular flexibility index (Phi) is 5.17. The van der Waals surface area contributed by atoms with E-state index in [0.29, 0.717) is 36.2 Å². The number of rotatable bonds is 5. The lowest BCUT2D eigenvalue weighted by Gasteiger charge is -2.19. The number of hydrogen-bond donors (Lipinski definition) is 1. The van der Waals surface area contributed by atoms with E-state index < -0.39 is 0 Å². The Bertz CT molecular complexity index is 726. The van der Waals surface area contributed by atoms with Crippen LogP contribution in [0.25, 0.3) is 0 Å². The van der Waals surface area contributed by atoms with Crippen LogP contribution in [0.2, 0.25) is 0 Å². The predicted octanol–water partition coefficient (Wildman–Crippen LogP) is 2.18. The molecule has 1 aromatic carbocycles. The van der Waals surface area contributed by atoms with Crippen LogP contribution < -0.4 is 19.5 Å². The van der Waals surface area contributed by atoms with Crippen molar-refractivity contribution in [2.45, 2.75) is 12.5 Å². The average molecular weight is 344 g/mol. The number of ether oxygens (including phenoxy) is 3. The first-order valence-electron chi connectivity index (χ1n) is 7.91. The average Bonchev–Trinajstić information content (AvgIpc) is 3.11. The summed E-state index contributed by atoms with van der Waals surface area (Å²) < 4.78 is 16.3. The Balaban J connectivity index is 1.61. The molecular formula is C17H20N4O4. The highest BCUT2D eigenvalue weighted by molar-refractivity contribution is 5.91. The van der Waals surface area contributed by atoms with Crippen LogP contribution in [0.4, 0.5) is 10.5 Å². The van der Waals surface area contributed by atoms with Gasteiger partial charge in [-0.25, -0.2) is 9.78 Å². The van der Waals surface area contributed by atoms with E-state index in [2.05, 4.69) is 15.3 Å². The Morgan fingerprint density at radius 3 is 2.88 bits per heavy atom. The number of para-hydroxylation sites is 1. The van der Waals surface area contributed by atoms with E-state index in [1.54, 1.807) is 48.8 Å². The molecule has 1 N–H and O–H groups in total. The van der Waals surface area contributed by atoms with Gasteiger partial charge in [0.15, 0.2) is 11.5 Å². The van der Waals surface area contributed by atoms with Crippen molar-refractivity contribution >= 4 is 11.7 Å². The van der Waals surface area contributed by atoms with Gasteiger partial charge in [0.2, 0.25) is 5.88 Å². The van der Waals surface area contributed by atoms with Gasteiger partial charge in [-0.15, -0.1) is 0 Å². The number of amides is 2. The van der Waals surface area contributed by atoms with Crippen molar-refractivity contribution in [2.75, 3.05) is 32.6 Å². The monoisotopic (exact) mass is 344 g/mol. The van der Waals surface area contributed by atoms with Gasteiger partial charge in [0.25, 0.3) is 0 Å². The number of carbonyl (C=O) groups excluding carboxylic acids is 1. The molecule has 0 bridgehead atoms. The van der Waals surface area contributed by atoms with Gasteiger partial charge < -0.3 is 24.4 Å². The molecule has 132 valence electrons. The summed E-state index contributed by atoms with van der Waals surface area (Å²) in [5.41, 5.74) is 0.560. The zero-order chi connectivity index (χ0) is 17.6. The Labute approximate surface area is 145 Å². The molecule has 0 radical (unpaired) electrons. The van der Waals surface area contributed by atoms with E-state index in [9.17, 15) is 4.79 Å². The van der Waals surface area contributed by atoms with Crippen molar-refractivity contribution in [3.8, 4) is 17.4 Å². The van der Waals surface area contributed by atoms with Crippen LogP contribution in [0.5, 0.6) is 17.4 Å². The highest BCUT2D eigenvalue weighted by Crippen LogP contribution is 2.35. The second-order valence-electron chi connectivity index (χ2n) is 5.49. The Morgan fingerprint density at radius 2 is 2.16 bits per heavy atom. The van der Waals surface area contributed by atoms with Crippen LogP contribution in [0, 0.1) is 0 Å². The first kappa shape index (κ1) is 16.8. The lowest BCUT2D eigenvalue weighted by molar-refractivity contribution is 0.189. The van der Waals surface area contributed by atoms with E-state index in [4.69, 9.17) is 14.2 Å². The van der Waals surface area contributed by atoms with Crippen LogP contribution in [-0.4, -0.2) is 54.3 Å². The maximum absolute atomic E-state index is 12.5. The molecule has 3 rings (SSSR count). The number of nitrogens with one attached hydrogen (secondary N) is 1. The third-order valence-corrected chi connectivity index (χ3v) is 3.90. The van der Waals surface area contributed by atoms with Gasteiger partial charge in [-0.2, -0.15) is 0 Å². The number of carbonyl (C=O) groups is 1. The molecule has 0 aliphatic carbocycles. The van der Waals surface area contributed by atoms with Crippen LogP contribution in [0.15, 0.2) is 36.8 Å². The van der Waals surface area contributed by atoms with Crippen LogP contribution in [-0.2, 0) is 0 Å². The van der Waals surface area contributed by atoms with Crippen molar-refractivity contribution in [2.24, 2.45) is 0 Å². The van der Waals surface area contributed by atoms with Gasteiger partial charge >= 0.3 is 6.03 Å². The molecule has 0 spiro atoms. The largest absolute Gasteiger partial charge is 0.493 e. The van der Waals surface area contributed by atoms with Gasteiger partial charge in [0, 0.05) is 25.4 Å². The van der Waals surface area contributed by atoms with Crippen LogP contribution >= 0.6 is 0 Å². The third kappa shape index (κ3) is 3.90. The van der Waals surface area contributed by atoms with Gasteiger partial charge in [0.1, 0.15) is 6.10 Å². The molecule has 1 saturated heterocycles. The minimum absolute atomic E-state index is 0.102. The summed E-state index contributed by atoms with van der Waals surface area (Å²) >= 11 is 0. The summed E-state index contributed by atoms with van der Waals surface area (Å²) in [6.45, 7) is 1.08. The van der Waals surface area contributed by atoms with Crippen molar-refractivity contribution < 1.29 is 19.0 Å². The molecule has 2 heterocycles. The summed E-state index contributed by atoms with van der Waals surface area (Å²) in [5.74, 6) is 1.51. The molecule has 8 nitrogen and oxygen atoms in total. The molecule has 1 unspecified atom stereocenters. The van der Waals surface area contributed by atoms with E-state index in [1.807, 2.05) is 0 Å². The molecule has 8 heteroatoms. The highest BCUT2D eigenvalue weighted by Gasteiger charge is 2.28. The number of benzene rings is 1. The maximum atomic E-state index is 12.5. The third-order valence-electron chi connectivity index (χ3n) is 3.90. The number of anilines is 1. The quantitative estimate of drug-likeness (QED) is 0.895. The molecular weight excluding hydrogens is 324 g/mol. The molecule has 2 aromatic rings. The van der Waals surface area contributed by atoms with Gasteiger partial charge in [-0.1, -0.05) is 6.07 Å². The van der Waals surface area contributed by atoms with E-state index >= 15 is 0 Å². The standard InChI is InChI=1S/C17H20N4O4/c1-23-14-5-3-4-13(16(14)24-2)20-17(22)21-9-6-12(11-21)25-15-10-18-7-8-19-15/h3-5,7-8,10,12H,6,9,11H2,1-2H3,(H,20,22). The first-order chi connectivity index (χ1) is 12.2. The molecule has 2 amide bonds. The summed E-state index contributed by atoms with van der Waals surface area (Å²) in [4.78, 5) is 22.3. The van der Waals surface area contributed by atoms with Gasteiger partial charge in [-0.3, -0.25) is 4.98 Å². The van der Waals surface area contributed by atoms with E-state index in [-0.39, 0.29) is 12.1 Å². The zero-order valence-corrected chi connectivity index (χ0v) is 14.1. The normalized spacial score (nSPS) is 16.4. The molecule has 1 aromatic heterocycles. The van der Waals surface area contributed by atoms with Crippen LogP contribution in [0.1, 0.15) is 6.42 Å². The minimum Gasteiger partial charge on any atom is -0.493 e. The topological polar surface area (TPSA) is 85.8 Å². The number of urea groups is 1. The lowest BCUT2D eigenvalue weighted by Crippen LogP contribution is -2.34. The zero-order valence-electron chi connectivity index (χ0n) is 14.1. The summed E-state index contributed by atoms with van der Waals surface area (Å²) in [6, 6.07) is 5.12. The van der Waals surface area contributed by atoms with Crippen LogP contribution in [0.3, 0.4) is 0 Å². The molecule has 0 saturated carbocycles. The smallest absolute Gasteiger partial charge is 0.322 e. The molecule has 1 atom stereocenters. The molecule has 1 aliphatic rings. The minimum atomic E-state index is -0.211. The van der Waals surface area contributed by atoms with Gasteiger partial charge in [-0.05, 0) is 12.1 Å². The summed E-state index contributed by atoms with van der Waals surface area (Å²) in [6.07, 6.45) is 5.35. The highest BCUT2D eigenvalue weighted by atomic mass is 16.5. The van der Waals surface area contributed by atoms with Crippen molar-refractivity contribution in [3.63, 3.8) is 0 Å². The molecule has 1 fully saturated rings. The fourth-order valence-corrected chi connectivity index (χ4v) is 2.71. The number of hydrogen-bond acceptors (Lipinski definition) is 6. The van der Waals surface area contributed by atoms with Gasteiger partial charge in [0.05, 0.1) is 32.6 Å². The number of methoxy groups -OCH3 is 2. The fourth-order valence-electron chi connectivity index (χ4n) is 2.71. The second kappa shape index (κ2) is 7.69. The summed E-state index contributed by atoms with van der Waals surface area (Å²) in [7, 11) is 3.09. The number of aromatic nitrogens is 2. The SMILES string of the molecule is COc1cccc(NC(=O)N2CCC(Oc3cnccn3)C2)c1OC. The Hall–Kier alpha value is -3.03. The van der Waals surface area contributed by atoms with Crippen molar-refractivity contribution in [1.29, 1.82) is 0 Å².